The summed E-state index contributed by atoms with van der Waals surface area (Å²) < 4.78 is 28.0. The second-order valence-electron chi connectivity index (χ2n) is 6.20. The van der Waals surface area contributed by atoms with Crippen LogP contribution in [0.25, 0.3) is 11.1 Å². The van der Waals surface area contributed by atoms with Crippen molar-refractivity contribution in [2.45, 2.75) is 36.6 Å². The van der Waals surface area contributed by atoms with Gasteiger partial charge in [0, 0.05) is 6.04 Å². The predicted molar refractivity (Wildman–Crippen MR) is 93.1 cm³/mol. The highest BCUT2D eigenvalue weighted by Crippen LogP contribution is 2.27. The van der Waals surface area contributed by atoms with Gasteiger partial charge in [-0.1, -0.05) is 25.0 Å². The lowest BCUT2D eigenvalue weighted by molar-refractivity contribution is 0.0696. The number of hydrogen-bond acceptors (Lipinski definition) is 4. The molecule has 2 aromatic carbocycles. The van der Waals surface area contributed by atoms with E-state index in [9.17, 15) is 23.4 Å². The van der Waals surface area contributed by atoms with Crippen LogP contribution in [-0.2, 0) is 10.0 Å². The molecule has 1 aliphatic carbocycles. The molecule has 0 spiro atoms. The lowest BCUT2D eigenvalue weighted by Crippen LogP contribution is -2.32. The summed E-state index contributed by atoms with van der Waals surface area (Å²) in [5, 5.41) is 18.7. The molecule has 132 valence electrons. The number of nitrogens with one attached hydrogen (secondary N) is 1. The van der Waals surface area contributed by atoms with Gasteiger partial charge in [-0.2, -0.15) is 0 Å². The van der Waals surface area contributed by atoms with Gasteiger partial charge in [-0.3, -0.25) is 0 Å². The predicted octanol–water partition coefficient (Wildman–Crippen LogP) is 2.98. The largest absolute Gasteiger partial charge is 0.508 e. The first kappa shape index (κ1) is 17.4. The number of aromatic hydroxyl groups is 1. The lowest BCUT2D eigenvalue weighted by atomic mass is 10.0. The van der Waals surface area contributed by atoms with E-state index in [1.807, 2.05) is 0 Å². The van der Waals surface area contributed by atoms with E-state index < -0.39 is 16.0 Å². The van der Waals surface area contributed by atoms with Crippen molar-refractivity contribution >= 4 is 16.0 Å². The molecule has 6 nitrogen and oxygen atoms in total. The maximum Gasteiger partial charge on any atom is 0.335 e. The molecule has 3 N–H and O–H groups in total. The first-order valence-electron chi connectivity index (χ1n) is 8.05. The monoisotopic (exact) mass is 361 g/mol. The summed E-state index contributed by atoms with van der Waals surface area (Å²) in [6.07, 6.45) is 3.56. The van der Waals surface area contributed by atoms with Crippen molar-refractivity contribution < 1.29 is 23.4 Å². The molecule has 0 amide bonds. The third-order valence-electron chi connectivity index (χ3n) is 4.34. The fraction of sp³-hybridized carbons (Fsp3) is 0.278. The van der Waals surface area contributed by atoms with Crippen LogP contribution in [0.3, 0.4) is 0 Å². The average molecular weight is 361 g/mol. The van der Waals surface area contributed by atoms with E-state index in [-0.39, 0.29) is 22.3 Å². The van der Waals surface area contributed by atoms with Gasteiger partial charge in [0.1, 0.15) is 5.75 Å². The summed E-state index contributed by atoms with van der Waals surface area (Å²) >= 11 is 0. The molecule has 1 saturated carbocycles. The van der Waals surface area contributed by atoms with Crippen molar-refractivity contribution in [1.82, 2.24) is 4.72 Å². The fourth-order valence-electron chi connectivity index (χ4n) is 3.03. The third-order valence-corrected chi connectivity index (χ3v) is 5.84. The van der Waals surface area contributed by atoms with Gasteiger partial charge < -0.3 is 10.2 Å². The third kappa shape index (κ3) is 4.00. The first-order valence-corrected chi connectivity index (χ1v) is 9.53. The van der Waals surface area contributed by atoms with Crippen LogP contribution >= 0.6 is 0 Å². The minimum absolute atomic E-state index is 0.0672. The maximum absolute atomic E-state index is 12.7. The first-order chi connectivity index (χ1) is 11.8. The summed E-state index contributed by atoms with van der Waals surface area (Å²) in [4.78, 5) is 11.3. The Morgan fingerprint density at radius 1 is 1.00 bits per heavy atom. The molecule has 0 saturated heterocycles. The number of carboxylic acids is 1. The van der Waals surface area contributed by atoms with Crippen molar-refractivity contribution in [2.75, 3.05) is 0 Å². The highest BCUT2D eigenvalue weighted by molar-refractivity contribution is 7.89. The fourth-order valence-corrected chi connectivity index (χ4v) is 4.40. The Morgan fingerprint density at radius 3 is 2.24 bits per heavy atom. The van der Waals surface area contributed by atoms with Crippen molar-refractivity contribution in [3.8, 4) is 16.9 Å². The number of hydrogen-bond donors (Lipinski definition) is 3. The van der Waals surface area contributed by atoms with Crippen molar-refractivity contribution in [1.29, 1.82) is 0 Å². The molecule has 3 rings (SSSR count). The number of phenols is 1. The summed E-state index contributed by atoms with van der Waals surface area (Å²) in [7, 11) is -3.80. The Morgan fingerprint density at radius 2 is 1.64 bits per heavy atom. The molecule has 7 heteroatoms. The number of sulfonamides is 1. The highest BCUT2D eigenvalue weighted by atomic mass is 32.2. The van der Waals surface area contributed by atoms with Crippen LogP contribution in [0.5, 0.6) is 5.75 Å². The van der Waals surface area contributed by atoms with Crippen LogP contribution < -0.4 is 4.72 Å². The Hall–Kier alpha value is -2.38. The number of carbonyl (C=O) groups is 1. The van der Waals surface area contributed by atoms with Crippen LogP contribution in [0.4, 0.5) is 0 Å². The van der Waals surface area contributed by atoms with Crippen molar-refractivity contribution in [3.05, 3.63) is 48.0 Å². The molecular formula is C18H19NO5S. The average Bonchev–Trinajstić information content (AvgIpc) is 3.07. The van der Waals surface area contributed by atoms with E-state index >= 15 is 0 Å². The summed E-state index contributed by atoms with van der Waals surface area (Å²) in [6.45, 7) is 0. The van der Waals surface area contributed by atoms with E-state index in [0.717, 1.165) is 25.7 Å². The zero-order chi connectivity index (χ0) is 18.0. The highest BCUT2D eigenvalue weighted by Gasteiger charge is 2.24. The van der Waals surface area contributed by atoms with Gasteiger partial charge in [-0.05, 0) is 54.3 Å². The summed E-state index contributed by atoms with van der Waals surface area (Å²) in [5.74, 6) is -1.12. The number of aromatic carboxylic acids is 1. The van der Waals surface area contributed by atoms with Gasteiger partial charge in [-0.15, -0.1) is 0 Å². The zero-order valence-corrected chi connectivity index (χ0v) is 14.3. The Kier molecular flexibility index (Phi) is 4.78. The van der Waals surface area contributed by atoms with E-state index in [4.69, 9.17) is 0 Å². The van der Waals surface area contributed by atoms with Crippen LogP contribution in [0.1, 0.15) is 36.0 Å². The molecule has 0 bridgehead atoms. The van der Waals surface area contributed by atoms with E-state index in [1.54, 1.807) is 12.1 Å². The van der Waals surface area contributed by atoms with Gasteiger partial charge in [0.2, 0.25) is 10.0 Å². The van der Waals surface area contributed by atoms with Gasteiger partial charge in [0.25, 0.3) is 0 Å². The van der Waals surface area contributed by atoms with E-state index in [0.29, 0.717) is 11.1 Å². The molecule has 0 atom stereocenters. The van der Waals surface area contributed by atoms with Crippen LogP contribution in [-0.4, -0.2) is 30.6 Å². The lowest BCUT2D eigenvalue weighted by Gasteiger charge is -2.14. The minimum atomic E-state index is -3.80. The molecule has 1 fully saturated rings. The van der Waals surface area contributed by atoms with Gasteiger partial charge >= 0.3 is 5.97 Å². The molecule has 2 aromatic rings. The van der Waals surface area contributed by atoms with Gasteiger partial charge in [0.15, 0.2) is 0 Å². The topological polar surface area (TPSA) is 104 Å². The second kappa shape index (κ2) is 6.85. The van der Waals surface area contributed by atoms with Crippen LogP contribution in [0.2, 0.25) is 0 Å². The molecule has 1 aliphatic rings. The normalized spacial score (nSPS) is 15.4. The molecule has 0 unspecified atom stereocenters. The Balaban J connectivity index is 2.03. The van der Waals surface area contributed by atoms with E-state index in [1.165, 1.54) is 30.3 Å². The molecule has 25 heavy (non-hydrogen) atoms. The smallest absolute Gasteiger partial charge is 0.335 e. The van der Waals surface area contributed by atoms with Crippen molar-refractivity contribution in [3.63, 3.8) is 0 Å². The Labute approximate surface area is 146 Å². The number of phenolic OH excluding ortho intramolecular Hbond substituents is 1. The number of carboxylic acid groups (broad SMARTS) is 1. The van der Waals surface area contributed by atoms with Crippen LogP contribution in [0, 0.1) is 0 Å². The summed E-state index contributed by atoms with van der Waals surface area (Å²) in [5.41, 5.74) is 0.988. The standard InChI is InChI=1S/C18H19NO5S/c20-16-7-5-12(6-8-16)13-9-14(18(21)22)11-17(10-13)25(23,24)19-15-3-1-2-4-15/h5-11,15,19-20H,1-4H2,(H,21,22). The molecule has 0 aromatic heterocycles. The minimum Gasteiger partial charge on any atom is -0.508 e. The SMILES string of the molecule is O=C(O)c1cc(-c2ccc(O)cc2)cc(S(=O)(=O)NC2CCCC2)c1. The van der Waals surface area contributed by atoms with Crippen molar-refractivity contribution in [2.24, 2.45) is 0 Å². The number of benzene rings is 2. The molecule has 0 heterocycles. The van der Waals surface area contributed by atoms with E-state index in [2.05, 4.69) is 4.72 Å². The molecular weight excluding hydrogens is 342 g/mol. The summed E-state index contributed by atoms with van der Waals surface area (Å²) in [6, 6.07) is 10.1. The quantitative estimate of drug-likeness (QED) is 0.759. The maximum atomic E-state index is 12.7. The molecule has 0 radical (unpaired) electrons. The van der Waals surface area contributed by atoms with Crippen LogP contribution in [0.15, 0.2) is 47.4 Å². The second-order valence-corrected chi connectivity index (χ2v) is 7.91. The van der Waals surface area contributed by atoms with Gasteiger partial charge in [0.05, 0.1) is 10.5 Å². The zero-order valence-electron chi connectivity index (χ0n) is 13.5. The number of rotatable bonds is 5. The molecule has 0 aliphatic heterocycles. The Bertz CT molecular complexity index is 884. The van der Waals surface area contributed by atoms with Gasteiger partial charge in [-0.25, -0.2) is 17.9 Å².